The van der Waals surface area contributed by atoms with Gasteiger partial charge in [0.2, 0.25) is 0 Å². The number of anilines is 1. The number of carbonyl (C=O) groups excluding carboxylic acids is 1. The zero-order valence-corrected chi connectivity index (χ0v) is 17.2. The van der Waals surface area contributed by atoms with Gasteiger partial charge in [-0.2, -0.15) is 0 Å². The number of para-hydroxylation sites is 2. The maximum atomic E-state index is 13.1. The predicted molar refractivity (Wildman–Crippen MR) is 115 cm³/mol. The molecular weight excluding hydrogens is 386 g/mol. The quantitative estimate of drug-likeness (QED) is 0.395. The van der Waals surface area contributed by atoms with Crippen LogP contribution in [-0.2, 0) is 6.42 Å². The van der Waals surface area contributed by atoms with Gasteiger partial charge in [-0.05, 0) is 24.6 Å². The monoisotopic (exact) mass is 411 g/mol. The molecule has 0 bridgehead atoms. The summed E-state index contributed by atoms with van der Waals surface area (Å²) in [5, 5.41) is 11.3. The van der Waals surface area contributed by atoms with Gasteiger partial charge in [0.05, 0.1) is 19.1 Å². The van der Waals surface area contributed by atoms with Crippen LogP contribution in [0.1, 0.15) is 15.9 Å². The predicted octanol–water partition coefficient (Wildman–Crippen LogP) is 3.30. The number of hydrogen-bond donors (Lipinski definition) is 0. The van der Waals surface area contributed by atoms with Crippen LogP contribution in [0.3, 0.4) is 0 Å². The highest BCUT2D eigenvalue weighted by Gasteiger charge is 2.27. The van der Waals surface area contributed by atoms with E-state index in [-0.39, 0.29) is 16.5 Å². The van der Waals surface area contributed by atoms with Gasteiger partial charge in [-0.15, -0.1) is 6.58 Å². The molecule has 0 N–H and O–H groups in total. The number of nitro groups is 1. The van der Waals surface area contributed by atoms with Crippen molar-refractivity contribution in [2.24, 2.45) is 0 Å². The highest BCUT2D eigenvalue weighted by Crippen LogP contribution is 2.34. The van der Waals surface area contributed by atoms with Crippen molar-refractivity contribution < 1.29 is 19.2 Å². The summed E-state index contributed by atoms with van der Waals surface area (Å²) in [6.45, 7) is 5.73. The van der Waals surface area contributed by atoms with Gasteiger partial charge in [0.25, 0.3) is 11.6 Å². The number of nitrogens with zero attached hydrogens (tertiary/aromatic N) is 3. The second-order valence-electron chi connectivity index (χ2n) is 6.89. The summed E-state index contributed by atoms with van der Waals surface area (Å²) in [7, 11) is 3.10. The third-order valence-electron chi connectivity index (χ3n) is 5.15. The van der Waals surface area contributed by atoms with Gasteiger partial charge >= 0.3 is 0 Å². The van der Waals surface area contributed by atoms with E-state index < -0.39 is 0 Å². The summed E-state index contributed by atoms with van der Waals surface area (Å²) in [4.78, 5) is 27.7. The van der Waals surface area contributed by atoms with Crippen molar-refractivity contribution in [1.82, 2.24) is 4.90 Å². The van der Waals surface area contributed by atoms with E-state index in [1.54, 1.807) is 48.4 Å². The van der Waals surface area contributed by atoms with Crippen LogP contribution in [-0.4, -0.2) is 56.1 Å². The molecule has 1 amide bonds. The van der Waals surface area contributed by atoms with Crippen LogP contribution in [0.15, 0.2) is 49.1 Å². The van der Waals surface area contributed by atoms with E-state index in [1.807, 2.05) is 4.90 Å². The van der Waals surface area contributed by atoms with Gasteiger partial charge in [-0.1, -0.05) is 18.2 Å². The van der Waals surface area contributed by atoms with Gasteiger partial charge in [-0.3, -0.25) is 14.9 Å². The number of ether oxygens (including phenoxy) is 2. The van der Waals surface area contributed by atoms with Gasteiger partial charge in [-0.25, -0.2) is 0 Å². The molecular formula is C22H25N3O5. The largest absolute Gasteiger partial charge is 0.493 e. The van der Waals surface area contributed by atoms with Crippen molar-refractivity contribution in [3.05, 3.63) is 70.3 Å². The Morgan fingerprint density at radius 1 is 1.17 bits per heavy atom. The van der Waals surface area contributed by atoms with Gasteiger partial charge < -0.3 is 19.3 Å². The smallest absolute Gasteiger partial charge is 0.292 e. The number of allylic oxidation sites excluding steroid dienone is 1. The lowest BCUT2D eigenvalue weighted by atomic mass is 10.0. The molecule has 8 heteroatoms. The first-order valence-corrected chi connectivity index (χ1v) is 9.63. The molecule has 1 fully saturated rings. The minimum absolute atomic E-state index is 0.0752. The molecule has 0 spiro atoms. The average molecular weight is 411 g/mol. The summed E-state index contributed by atoms with van der Waals surface area (Å²) in [5.74, 6) is 0.984. The van der Waals surface area contributed by atoms with Crippen molar-refractivity contribution in [2.45, 2.75) is 6.42 Å². The van der Waals surface area contributed by atoms with Crippen molar-refractivity contribution in [3.8, 4) is 11.5 Å². The van der Waals surface area contributed by atoms with Crippen LogP contribution < -0.4 is 14.4 Å². The van der Waals surface area contributed by atoms with E-state index >= 15 is 0 Å². The fourth-order valence-corrected chi connectivity index (χ4v) is 3.69. The van der Waals surface area contributed by atoms with Crippen molar-refractivity contribution in [2.75, 3.05) is 45.3 Å². The fraction of sp³-hybridized carbons (Fsp3) is 0.318. The first-order valence-electron chi connectivity index (χ1n) is 9.63. The molecule has 0 aromatic heterocycles. The molecule has 1 heterocycles. The number of methoxy groups -OCH3 is 2. The first kappa shape index (κ1) is 21.2. The van der Waals surface area contributed by atoms with E-state index in [9.17, 15) is 14.9 Å². The molecule has 3 rings (SSSR count). The molecule has 30 heavy (non-hydrogen) atoms. The molecule has 1 aliphatic heterocycles. The Morgan fingerprint density at radius 2 is 1.87 bits per heavy atom. The lowest BCUT2D eigenvalue weighted by molar-refractivity contribution is -0.384. The average Bonchev–Trinajstić information content (AvgIpc) is 2.78. The number of rotatable bonds is 7. The summed E-state index contributed by atoms with van der Waals surface area (Å²) >= 11 is 0. The molecule has 0 saturated carbocycles. The van der Waals surface area contributed by atoms with Crippen LogP contribution in [0, 0.1) is 10.1 Å². The minimum Gasteiger partial charge on any atom is -0.493 e. The van der Waals surface area contributed by atoms with Gasteiger partial charge in [0.1, 0.15) is 5.69 Å². The summed E-state index contributed by atoms with van der Waals surface area (Å²) in [6.07, 6.45) is 2.29. The normalized spacial score (nSPS) is 13.7. The minimum atomic E-state index is -0.377. The third kappa shape index (κ3) is 4.22. The molecule has 2 aromatic rings. The Labute approximate surface area is 175 Å². The molecule has 0 unspecified atom stereocenters. The van der Waals surface area contributed by atoms with E-state index in [4.69, 9.17) is 9.47 Å². The topological polar surface area (TPSA) is 85.2 Å². The molecule has 0 atom stereocenters. The standard InChI is InChI=1S/C22H25N3O5/c1-4-7-16-14-17(15-20(29-2)21(16)30-3)22(26)24-12-10-23(11-13-24)18-8-5-6-9-19(18)25(27)28/h4-6,8-9,14-15H,1,7,10-13H2,2-3H3. The Kier molecular flexibility index (Phi) is 6.56. The molecule has 0 aliphatic carbocycles. The summed E-state index contributed by atoms with van der Waals surface area (Å²) in [6, 6.07) is 10.2. The molecule has 1 aliphatic rings. The fourth-order valence-electron chi connectivity index (χ4n) is 3.69. The lowest BCUT2D eigenvalue weighted by Gasteiger charge is -2.36. The highest BCUT2D eigenvalue weighted by atomic mass is 16.6. The number of amides is 1. The maximum Gasteiger partial charge on any atom is 0.292 e. The van der Waals surface area contributed by atoms with Crippen LogP contribution >= 0.6 is 0 Å². The Morgan fingerprint density at radius 3 is 2.47 bits per heavy atom. The Hall–Kier alpha value is -3.55. The number of nitro benzene ring substituents is 1. The second kappa shape index (κ2) is 9.30. The third-order valence-corrected chi connectivity index (χ3v) is 5.15. The summed E-state index contributed by atoms with van der Waals surface area (Å²) in [5.41, 5.74) is 2.00. The van der Waals surface area contributed by atoms with Crippen molar-refractivity contribution in [1.29, 1.82) is 0 Å². The highest BCUT2D eigenvalue weighted by molar-refractivity contribution is 5.95. The molecule has 158 valence electrons. The van der Waals surface area contributed by atoms with E-state index in [0.29, 0.717) is 55.3 Å². The Balaban J connectivity index is 1.78. The maximum absolute atomic E-state index is 13.1. The number of benzene rings is 2. The first-order chi connectivity index (χ1) is 14.5. The van der Waals surface area contributed by atoms with Gasteiger partial charge in [0, 0.05) is 43.4 Å². The molecule has 2 aromatic carbocycles. The number of carbonyl (C=O) groups is 1. The van der Waals surface area contributed by atoms with E-state index in [0.717, 1.165) is 5.56 Å². The molecule has 8 nitrogen and oxygen atoms in total. The number of piperazine rings is 1. The van der Waals surface area contributed by atoms with Crippen molar-refractivity contribution >= 4 is 17.3 Å². The zero-order valence-electron chi connectivity index (χ0n) is 17.2. The van der Waals surface area contributed by atoms with Crippen molar-refractivity contribution in [3.63, 3.8) is 0 Å². The lowest BCUT2D eigenvalue weighted by Crippen LogP contribution is -2.49. The summed E-state index contributed by atoms with van der Waals surface area (Å²) < 4.78 is 10.8. The zero-order chi connectivity index (χ0) is 21.7. The van der Waals surface area contributed by atoms with Crippen LogP contribution in [0.4, 0.5) is 11.4 Å². The van der Waals surface area contributed by atoms with Crippen LogP contribution in [0.5, 0.6) is 11.5 Å². The van der Waals surface area contributed by atoms with Crippen LogP contribution in [0.25, 0.3) is 0 Å². The van der Waals surface area contributed by atoms with Gasteiger partial charge in [0.15, 0.2) is 11.5 Å². The number of hydrogen-bond acceptors (Lipinski definition) is 6. The van der Waals surface area contributed by atoms with E-state index in [2.05, 4.69) is 6.58 Å². The van der Waals surface area contributed by atoms with Crippen LogP contribution in [0.2, 0.25) is 0 Å². The second-order valence-corrected chi connectivity index (χ2v) is 6.89. The molecule has 0 radical (unpaired) electrons. The van der Waals surface area contributed by atoms with E-state index in [1.165, 1.54) is 13.2 Å². The Bertz CT molecular complexity index is 952. The molecule has 1 saturated heterocycles. The SMILES string of the molecule is C=CCc1cc(C(=O)N2CCN(c3ccccc3[N+](=O)[O-])CC2)cc(OC)c1OC.